The van der Waals surface area contributed by atoms with Gasteiger partial charge in [-0.15, -0.1) is 0 Å². The van der Waals surface area contributed by atoms with E-state index in [0.717, 1.165) is 0 Å². The SMILES string of the molecule is CCCc1cc(OC)cc(O)c1C(=O)Oc1c(OC)cc(CCC)c(C(=O)OC)c1O. The summed E-state index contributed by atoms with van der Waals surface area (Å²) < 4.78 is 20.7. The molecule has 0 aromatic heterocycles. The largest absolute Gasteiger partial charge is 0.507 e. The number of aryl methyl sites for hydroxylation is 2. The smallest absolute Gasteiger partial charge is 0.347 e. The third-order valence-electron chi connectivity index (χ3n) is 4.76. The number of phenolic OH excluding ortho intramolecular Hbond substituents is 2. The molecule has 0 aliphatic rings. The minimum Gasteiger partial charge on any atom is -0.507 e. The summed E-state index contributed by atoms with van der Waals surface area (Å²) in [6.07, 6.45) is 2.37. The van der Waals surface area contributed by atoms with E-state index in [1.54, 1.807) is 6.07 Å². The van der Waals surface area contributed by atoms with Gasteiger partial charge < -0.3 is 29.2 Å². The van der Waals surface area contributed by atoms with Gasteiger partial charge in [0.2, 0.25) is 5.75 Å². The van der Waals surface area contributed by atoms with Crippen LogP contribution in [0.1, 0.15) is 58.5 Å². The Kier molecular flexibility index (Phi) is 8.13. The number of carbonyl (C=O) groups excluding carboxylic acids is 2. The van der Waals surface area contributed by atoms with E-state index in [-0.39, 0.29) is 28.4 Å². The molecule has 0 saturated carbocycles. The van der Waals surface area contributed by atoms with Crippen LogP contribution in [0.2, 0.25) is 0 Å². The van der Waals surface area contributed by atoms with Crippen molar-refractivity contribution in [2.24, 2.45) is 0 Å². The van der Waals surface area contributed by atoms with E-state index >= 15 is 0 Å². The molecule has 2 N–H and O–H groups in total. The first-order valence-corrected chi connectivity index (χ1v) is 9.95. The zero-order valence-corrected chi connectivity index (χ0v) is 18.4. The Morgan fingerprint density at radius 3 is 1.97 bits per heavy atom. The molecular formula is C23H28O8. The van der Waals surface area contributed by atoms with Crippen LogP contribution in [0.4, 0.5) is 0 Å². The van der Waals surface area contributed by atoms with Crippen LogP contribution in [0.3, 0.4) is 0 Å². The molecule has 8 nitrogen and oxygen atoms in total. The highest BCUT2D eigenvalue weighted by Crippen LogP contribution is 2.43. The Hall–Kier alpha value is -3.42. The van der Waals surface area contributed by atoms with Gasteiger partial charge in [0, 0.05) is 6.07 Å². The predicted octanol–water partition coefficient (Wildman–Crippen LogP) is 4.03. The summed E-state index contributed by atoms with van der Waals surface area (Å²) >= 11 is 0. The molecule has 0 atom stereocenters. The average molecular weight is 432 g/mol. The van der Waals surface area contributed by atoms with Gasteiger partial charge in [-0.05, 0) is 36.1 Å². The lowest BCUT2D eigenvalue weighted by atomic mass is 10.00. The van der Waals surface area contributed by atoms with Crippen LogP contribution >= 0.6 is 0 Å². The summed E-state index contributed by atoms with van der Waals surface area (Å²) in [6.45, 7) is 3.84. The summed E-state index contributed by atoms with van der Waals surface area (Å²) in [5.74, 6) is -2.40. The van der Waals surface area contributed by atoms with Crippen molar-refractivity contribution in [2.75, 3.05) is 21.3 Å². The Morgan fingerprint density at radius 1 is 0.839 bits per heavy atom. The van der Waals surface area contributed by atoms with Gasteiger partial charge in [-0.25, -0.2) is 9.59 Å². The van der Waals surface area contributed by atoms with Crippen molar-refractivity contribution in [2.45, 2.75) is 39.5 Å². The van der Waals surface area contributed by atoms with Crippen molar-refractivity contribution >= 4 is 11.9 Å². The summed E-state index contributed by atoms with van der Waals surface area (Å²) in [4.78, 5) is 25.3. The van der Waals surface area contributed by atoms with Crippen molar-refractivity contribution in [1.82, 2.24) is 0 Å². The van der Waals surface area contributed by atoms with Crippen LogP contribution in [0.15, 0.2) is 18.2 Å². The Morgan fingerprint density at radius 2 is 1.45 bits per heavy atom. The van der Waals surface area contributed by atoms with E-state index in [9.17, 15) is 19.8 Å². The molecule has 0 fully saturated rings. The number of rotatable bonds is 9. The highest BCUT2D eigenvalue weighted by Gasteiger charge is 2.28. The maximum absolute atomic E-state index is 13.0. The van der Waals surface area contributed by atoms with Crippen LogP contribution in [0, 0.1) is 0 Å². The molecular weight excluding hydrogens is 404 g/mol. The Balaban J connectivity index is 2.60. The third-order valence-corrected chi connectivity index (χ3v) is 4.76. The highest BCUT2D eigenvalue weighted by molar-refractivity contribution is 5.99. The summed E-state index contributed by atoms with van der Waals surface area (Å²) in [6, 6.07) is 4.47. The molecule has 2 aromatic carbocycles. The van der Waals surface area contributed by atoms with Gasteiger partial charge in [0.1, 0.15) is 22.6 Å². The van der Waals surface area contributed by atoms with Crippen LogP contribution in [-0.2, 0) is 17.6 Å². The first-order chi connectivity index (χ1) is 14.8. The molecule has 0 bridgehead atoms. The van der Waals surface area contributed by atoms with Crippen LogP contribution < -0.4 is 14.2 Å². The number of phenols is 2. The van der Waals surface area contributed by atoms with E-state index in [4.69, 9.17) is 18.9 Å². The lowest BCUT2D eigenvalue weighted by Crippen LogP contribution is -2.15. The van der Waals surface area contributed by atoms with Gasteiger partial charge in [-0.2, -0.15) is 0 Å². The zero-order valence-electron chi connectivity index (χ0n) is 18.4. The standard InChI is InChI=1S/C23H28O8/c1-6-8-13-10-15(28-3)12-16(24)18(13)23(27)31-21-17(29-4)11-14(9-7-2)19(20(21)25)22(26)30-5/h10-12,24-25H,6-9H2,1-5H3. The van der Waals surface area contributed by atoms with Crippen molar-refractivity contribution in [3.8, 4) is 28.7 Å². The first-order valence-electron chi connectivity index (χ1n) is 9.95. The van der Waals surface area contributed by atoms with Gasteiger partial charge in [0.05, 0.1) is 21.3 Å². The fourth-order valence-electron chi connectivity index (χ4n) is 3.35. The quantitative estimate of drug-likeness (QED) is 0.451. The maximum atomic E-state index is 13.0. The van der Waals surface area contributed by atoms with Crippen LogP contribution in [-0.4, -0.2) is 43.5 Å². The molecule has 0 spiro atoms. The van der Waals surface area contributed by atoms with E-state index in [1.807, 2.05) is 13.8 Å². The van der Waals surface area contributed by atoms with Gasteiger partial charge in [-0.3, -0.25) is 0 Å². The molecule has 2 aromatic rings. The number of methoxy groups -OCH3 is 3. The number of esters is 2. The molecule has 2 rings (SSSR count). The average Bonchev–Trinajstić information content (AvgIpc) is 2.74. The lowest BCUT2D eigenvalue weighted by Gasteiger charge is -2.18. The fraction of sp³-hybridized carbons (Fsp3) is 0.391. The van der Waals surface area contributed by atoms with E-state index in [0.29, 0.717) is 42.6 Å². The number of carbonyl (C=O) groups is 2. The fourth-order valence-corrected chi connectivity index (χ4v) is 3.35. The second kappa shape index (κ2) is 10.6. The molecule has 0 unspecified atom stereocenters. The first kappa shape index (κ1) is 23.9. The third kappa shape index (κ3) is 5.02. The summed E-state index contributed by atoms with van der Waals surface area (Å²) in [5.41, 5.74) is 0.878. The van der Waals surface area contributed by atoms with Crippen LogP contribution in [0.5, 0.6) is 28.7 Å². The highest BCUT2D eigenvalue weighted by atomic mass is 16.6. The molecule has 8 heteroatoms. The van der Waals surface area contributed by atoms with Crippen molar-refractivity contribution in [1.29, 1.82) is 0 Å². The topological polar surface area (TPSA) is 112 Å². The van der Waals surface area contributed by atoms with Gasteiger partial charge in [-0.1, -0.05) is 26.7 Å². The number of ether oxygens (including phenoxy) is 4. The summed E-state index contributed by atoms with van der Waals surface area (Å²) in [5, 5.41) is 21.2. The summed E-state index contributed by atoms with van der Waals surface area (Å²) in [7, 11) is 4.00. The van der Waals surface area contributed by atoms with E-state index in [1.165, 1.54) is 33.5 Å². The van der Waals surface area contributed by atoms with Crippen molar-refractivity contribution in [3.63, 3.8) is 0 Å². The monoisotopic (exact) mass is 432 g/mol. The maximum Gasteiger partial charge on any atom is 0.347 e. The number of aromatic hydroxyl groups is 2. The molecule has 168 valence electrons. The minimum atomic E-state index is -0.906. The Bertz CT molecular complexity index is 965. The van der Waals surface area contributed by atoms with Crippen LogP contribution in [0.25, 0.3) is 0 Å². The van der Waals surface area contributed by atoms with E-state index in [2.05, 4.69) is 0 Å². The van der Waals surface area contributed by atoms with Gasteiger partial charge in [0.25, 0.3) is 0 Å². The Labute approximate surface area is 181 Å². The lowest BCUT2D eigenvalue weighted by molar-refractivity contribution is 0.0590. The van der Waals surface area contributed by atoms with Gasteiger partial charge in [0.15, 0.2) is 11.5 Å². The predicted molar refractivity (Wildman–Crippen MR) is 114 cm³/mol. The molecule has 0 aliphatic heterocycles. The normalized spacial score (nSPS) is 10.5. The molecule has 31 heavy (non-hydrogen) atoms. The number of hydrogen-bond acceptors (Lipinski definition) is 8. The minimum absolute atomic E-state index is 0.0543. The van der Waals surface area contributed by atoms with Crippen molar-refractivity contribution in [3.05, 3.63) is 40.5 Å². The molecule has 0 aliphatic carbocycles. The number of hydrogen-bond donors (Lipinski definition) is 2. The number of benzene rings is 2. The molecule has 0 heterocycles. The zero-order chi connectivity index (χ0) is 23.1. The molecule has 0 radical (unpaired) electrons. The van der Waals surface area contributed by atoms with E-state index < -0.39 is 17.7 Å². The second-order valence-corrected chi connectivity index (χ2v) is 6.85. The van der Waals surface area contributed by atoms with Gasteiger partial charge >= 0.3 is 11.9 Å². The second-order valence-electron chi connectivity index (χ2n) is 6.85. The molecule has 0 saturated heterocycles. The molecule has 0 amide bonds. The van der Waals surface area contributed by atoms with Crippen molar-refractivity contribution < 1.29 is 38.7 Å².